The summed E-state index contributed by atoms with van der Waals surface area (Å²) in [6.45, 7) is 3.03. The van der Waals surface area contributed by atoms with Gasteiger partial charge in [-0.2, -0.15) is 0 Å². The van der Waals surface area contributed by atoms with Crippen LogP contribution in [0.2, 0.25) is 0 Å². The number of nitrogens with zero attached hydrogens (tertiary/aromatic N) is 4. The molecule has 8 nitrogen and oxygen atoms in total. The highest BCUT2D eigenvalue weighted by Gasteiger charge is 2.35. The van der Waals surface area contributed by atoms with Crippen LogP contribution in [0.3, 0.4) is 0 Å². The number of amides is 2. The molecule has 1 fully saturated rings. The summed E-state index contributed by atoms with van der Waals surface area (Å²) >= 11 is 0. The van der Waals surface area contributed by atoms with Crippen LogP contribution >= 0.6 is 0 Å². The maximum Gasteiger partial charge on any atom is 0.329 e. The Morgan fingerprint density at radius 1 is 1.14 bits per heavy atom. The summed E-state index contributed by atoms with van der Waals surface area (Å²) in [5.41, 5.74) is 3.16. The van der Waals surface area contributed by atoms with E-state index >= 15 is 0 Å². The first-order valence-electron chi connectivity index (χ1n) is 9.56. The minimum Gasteiger partial charge on any atom is -0.350 e. The van der Waals surface area contributed by atoms with Gasteiger partial charge in [0, 0.05) is 26.3 Å². The minimum absolute atomic E-state index is 0.0261. The predicted octanol–water partition coefficient (Wildman–Crippen LogP) is 0.818. The molecule has 1 aliphatic rings. The van der Waals surface area contributed by atoms with Gasteiger partial charge in [-0.25, -0.2) is 4.79 Å². The molecule has 0 spiro atoms. The van der Waals surface area contributed by atoms with Gasteiger partial charge in [-0.15, -0.1) is 0 Å². The molecule has 2 aromatic heterocycles. The molecule has 0 aliphatic carbocycles. The molecule has 1 saturated heterocycles. The van der Waals surface area contributed by atoms with Gasteiger partial charge in [-0.1, -0.05) is 18.2 Å². The predicted molar refractivity (Wildman–Crippen MR) is 108 cm³/mol. The van der Waals surface area contributed by atoms with E-state index < -0.39 is 0 Å². The first-order valence-corrected chi connectivity index (χ1v) is 9.56. The third kappa shape index (κ3) is 3.53. The number of hydrogen-bond donors (Lipinski definition) is 1. The van der Waals surface area contributed by atoms with Crippen LogP contribution in [0.1, 0.15) is 11.3 Å². The maximum absolute atomic E-state index is 12.6. The molecule has 2 amide bonds. The molecule has 0 radical (unpaired) electrons. The standard InChI is InChI=1S/C21H23N5O3/c1-14-6-5-9-22-16(14)10-23-20(28)15-11-25(12-15)19(27)13-26-18-8-4-3-7-17(18)24(2)21(26)29/h3-9,15H,10-13H2,1-2H3,(H,23,28). The van der Waals surface area contributed by atoms with E-state index in [0.29, 0.717) is 19.6 Å². The van der Waals surface area contributed by atoms with Gasteiger partial charge in [0.1, 0.15) is 6.54 Å². The minimum atomic E-state index is -0.229. The fraction of sp³-hybridized carbons (Fsp3) is 0.333. The number of benzene rings is 1. The van der Waals surface area contributed by atoms with Crippen LogP contribution in [-0.4, -0.2) is 43.9 Å². The van der Waals surface area contributed by atoms with E-state index in [0.717, 1.165) is 22.3 Å². The molecule has 0 saturated carbocycles. The molecule has 3 heterocycles. The monoisotopic (exact) mass is 393 g/mol. The third-order valence-corrected chi connectivity index (χ3v) is 5.50. The van der Waals surface area contributed by atoms with Gasteiger partial charge in [0.25, 0.3) is 0 Å². The van der Waals surface area contributed by atoms with Gasteiger partial charge >= 0.3 is 5.69 Å². The lowest BCUT2D eigenvalue weighted by molar-refractivity contribution is -0.143. The lowest BCUT2D eigenvalue weighted by Crippen LogP contribution is -2.56. The SMILES string of the molecule is Cc1cccnc1CNC(=O)C1CN(C(=O)Cn2c(=O)n(C)c3ccccc32)C1. The van der Waals surface area contributed by atoms with Crippen molar-refractivity contribution in [2.75, 3.05) is 13.1 Å². The zero-order chi connectivity index (χ0) is 20.5. The normalized spacial score (nSPS) is 14.1. The Hall–Kier alpha value is -3.42. The number of likely N-dealkylation sites (tertiary alicyclic amines) is 1. The number of aromatic nitrogens is 3. The van der Waals surface area contributed by atoms with E-state index in [1.165, 1.54) is 9.13 Å². The summed E-state index contributed by atoms with van der Waals surface area (Å²) in [5.74, 6) is -0.471. The second-order valence-electron chi connectivity index (χ2n) is 7.40. The molecular weight excluding hydrogens is 370 g/mol. The Morgan fingerprint density at radius 2 is 1.86 bits per heavy atom. The largest absolute Gasteiger partial charge is 0.350 e. The molecule has 0 atom stereocenters. The molecule has 3 aromatic rings. The lowest BCUT2D eigenvalue weighted by atomic mass is 9.99. The first kappa shape index (κ1) is 18.9. The topological polar surface area (TPSA) is 89.2 Å². The summed E-state index contributed by atoms with van der Waals surface area (Å²) < 4.78 is 3.02. The first-order chi connectivity index (χ1) is 14.0. The molecule has 4 rings (SSSR count). The van der Waals surface area contributed by atoms with Crippen molar-refractivity contribution in [3.8, 4) is 0 Å². The van der Waals surface area contributed by atoms with E-state index in [4.69, 9.17) is 0 Å². The van der Waals surface area contributed by atoms with Crippen molar-refractivity contribution in [1.82, 2.24) is 24.3 Å². The van der Waals surface area contributed by atoms with Gasteiger partial charge in [-0.05, 0) is 30.7 Å². The summed E-state index contributed by atoms with van der Waals surface area (Å²) in [5, 5.41) is 2.89. The Labute approximate surface area is 167 Å². The van der Waals surface area contributed by atoms with Gasteiger partial charge in [-0.3, -0.25) is 23.7 Å². The summed E-state index contributed by atoms with van der Waals surface area (Å²) in [7, 11) is 1.69. The molecule has 0 bridgehead atoms. The van der Waals surface area contributed by atoms with Crippen LogP contribution in [0, 0.1) is 12.8 Å². The average Bonchev–Trinajstić information content (AvgIpc) is 2.91. The number of carbonyl (C=O) groups is 2. The highest BCUT2D eigenvalue weighted by atomic mass is 16.2. The number of imidazole rings is 1. The molecule has 29 heavy (non-hydrogen) atoms. The van der Waals surface area contributed by atoms with Gasteiger partial charge < -0.3 is 10.2 Å². The molecule has 1 N–H and O–H groups in total. The second kappa shape index (κ2) is 7.54. The quantitative estimate of drug-likeness (QED) is 0.695. The lowest BCUT2D eigenvalue weighted by Gasteiger charge is -2.38. The average molecular weight is 393 g/mol. The van der Waals surface area contributed by atoms with Crippen LogP contribution in [0.5, 0.6) is 0 Å². The molecule has 0 unspecified atom stereocenters. The van der Waals surface area contributed by atoms with Crippen molar-refractivity contribution >= 4 is 22.8 Å². The smallest absolute Gasteiger partial charge is 0.329 e. The zero-order valence-electron chi connectivity index (χ0n) is 16.5. The number of nitrogens with one attached hydrogen (secondary N) is 1. The van der Waals surface area contributed by atoms with Gasteiger partial charge in [0.05, 0.1) is 29.2 Å². The highest BCUT2D eigenvalue weighted by molar-refractivity contribution is 5.85. The van der Waals surface area contributed by atoms with Crippen molar-refractivity contribution in [1.29, 1.82) is 0 Å². The van der Waals surface area contributed by atoms with Gasteiger partial charge in [0.15, 0.2) is 0 Å². The summed E-state index contributed by atoms with van der Waals surface area (Å²) in [6.07, 6.45) is 1.70. The zero-order valence-corrected chi connectivity index (χ0v) is 16.5. The second-order valence-corrected chi connectivity index (χ2v) is 7.40. The third-order valence-electron chi connectivity index (χ3n) is 5.50. The van der Waals surface area contributed by atoms with E-state index in [9.17, 15) is 14.4 Å². The number of para-hydroxylation sites is 2. The summed E-state index contributed by atoms with van der Waals surface area (Å²) in [6, 6.07) is 11.2. The molecule has 1 aromatic carbocycles. The Balaban J connectivity index is 1.34. The number of pyridine rings is 1. The number of rotatable bonds is 5. The van der Waals surface area contributed by atoms with E-state index in [-0.39, 0.29) is 30.0 Å². The maximum atomic E-state index is 12.6. The number of hydrogen-bond acceptors (Lipinski definition) is 4. The van der Waals surface area contributed by atoms with Crippen LogP contribution in [0.15, 0.2) is 47.4 Å². The number of aryl methyl sites for hydroxylation is 2. The van der Waals surface area contributed by atoms with Crippen LogP contribution < -0.4 is 11.0 Å². The summed E-state index contributed by atoms with van der Waals surface area (Å²) in [4.78, 5) is 43.3. The fourth-order valence-corrected chi connectivity index (χ4v) is 3.62. The van der Waals surface area contributed by atoms with Crippen molar-refractivity contribution in [3.63, 3.8) is 0 Å². The van der Waals surface area contributed by atoms with E-state index in [1.807, 2.05) is 43.3 Å². The van der Waals surface area contributed by atoms with E-state index in [1.54, 1.807) is 18.1 Å². The van der Waals surface area contributed by atoms with Crippen molar-refractivity contribution < 1.29 is 9.59 Å². The Morgan fingerprint density at radius 3 is 2.59 bits per heavy atom. The van der Waals surface area contributed by atoms with Crippen molar-refractivity contribution in [2.45, 2.75) is 20.0 Å². The number of fused-ring (bicyclic) bond motifs is 1. The molecule has 150 valence electrons. The van der Waals surface area contributed by atoms with Crippen LogP contribution in [0.25, 0.3) is 11.0 Å². The Bertz CT molecular complexity index is 1140. The highest BCUT2D eigenvalue weighted by Crippen LogP contribution is 2.18. The molecule has 8 heteroatoms. The van der Waals surface area contributed by atoms with Gasteiger partial charge in [0.2, 0.25) is 11.8 Å². The van der Waals surface area contributed by atoms with Crippen LogP contribution in [-0.2, 0) is 29.7 Å². The number of carbonyl (C=O) groups excluding carboxylic acids is 2. The Kier molecular flexibility index (Phi) is 4.92. The van der Waals surface area contributed by atoms with Crippen molar-refractivity contribution in [2.24, 2.45) is 13.0 Å². The fourth-order valence-electron chi connectivity index (χ4n) is 3.62. The van der Waals surface area contributed by atoms with Crippen LogP contribution in [0.4, 0.5) is 0 Å². The molecule has 1 aliphatic heterocycles. The van der Waals surface area contributed by atoms with E-state index in [2.05, 4.69) is 10.3 Å². The van der Waals surface area contributed by atoms with Crippen molar-refractivity contribution in [3.05, 3.63) is 64.3 Å². The molecular formula is C21H23N5O3.